The lowest BCUT2D eigenvalue weighted by Gasteiger charge is -2.44. The monoisotopic (exact) mass is 268 g/mol. The van der Waals surface area contributed by atoms with Gasteiger partial charge in [-0.05, 0) is 25.7 Å². The van der Waals surface area contributed by atoms with Gasteiger partial charge in [0.05, 0.1) is 13.0 Å². The van der Waals surface area contributed by atoms with E-state index >= 15 is 0 Å². The van der Waals surface area contributed by atoms with E-state index in [9.17, 15) is 9.59 Å². The Morgan fingerprint density at radius 2 is 2.16 bits per heavy atom. The summed E-state index contributed by atoms with van der Waals surface area (Å²) < 4.78 is 4.82. The van der Waals surface area contributed by atoms with Gasteiger partial charge in [0, 0.05) is 31.6 Å². The van der Waals surface area contributed by atoms with Gasteiger partial charge in [0.25, 0.3) is 0 Å². The molecule has 5 nitrogen and oxygen atoms in total. The van der Waals surface area contributed by atoms with Crippen molar-refractivity contribution < 1.29 is 14.3 Å². The zero-order valence-electron chi connectivity index (χ0n) is 12.0. The Balaban J connectivity index is 1.93. The third-order valence-electron chi connectivity index (χ3n) is 4.73. The van der Waals surface area contributed by atoms with Gasteiger partial charge in [0.1, 0.15) is 0 Å². The summed E-state index contributed by atoms with van der Waals surface area (Å²) in [6, 6.07) is 0.518. The molecule has 0 aromatic heterocycles. The normalized spacial score (nSPS) is 31.0. The summed E-state index contributed by atoms with van der Waals surface area (Å²) in [4.78, 5) is 25.4. The number of rotatable bonds is 3. The molecule has 2 saturated heterocycles. The molecule has 0 radical (unpaired) electrons. The number of hydrogen-bond acceptors (Lipinski definition) is 4. The Labute approximate surface area is 114 Å². The molecule has 0 saturated carbocycles. The molecule has 0 aromatic carbocycles. The second-order valence-electron chi connectivity index (χ2n) is 5.81. The van der Waals surface area contributed by atoms with Gasteiger partial charge < -0.3 is 10.1 Å². The van der Waals surface area contributed by atoms with Crippen molar-refractivity contribution in [2.24, 2.45) is 11.8 Å². The van der Waals surface area contributed by atoms with Crippen LogP contribution in [0.1, 0.15) is 33.1 Å². The number of esters is 1. The molecule has 0 spiro atoms. The summed E-state index contributed by atoms with van der Waals surface area (Å²) in [5.41, 5.74) is 0. The SMILES string of the molecule is COC(=O)C(C)C(C)N1CCC2NC(=O)CCC2C1. The van der Waals surface area contributed by atoms with Crippen molar-refractivity contribution in [3.63, 3.8) is 0 Å². The number of likely N-dealkylation sites (tertiary alicyclic amines) is 1. The molecule has 0 aliphatic carbocycles. The maximum Gasteiger partial charge on any atom is 0.309 e. The number of hydrogen-bond donors (Lipinski definition) is 1. The molecule has 19 heavy (non-hydrogen) atoms. The van der Waals surface area contributed by atoms with E-state index in [1.807, 2.05) is 6.92 Å². The van der Waals surface area contributed by atoms with Crippen LogP contribution < -0.4 is 5.32 Å². The summed E-state index contributed by atoms with van der Waals surface area (Å²) in [6.45, 7) is 5.91. The third kappa shape index (κ3) is 3.08. The molecule has 2 heterocycles. The fraction of sp³-hybridized carbons (Fsp3) is 0.857. The van der Waals surface area contributed by atoms with Gasteiger partial charge in [-0.15, -0.1) is 0 Å². The van der Waals surface area contributed by atoms with Gasteiger partial charge in [-0.1, -0.05) is 6.92 Å². The van der Waals surface area contributed by atoms with Crippen molar-refractivity contribution in [3.05, 3.63) is 0 Å². The highest BCUT2D eigenvalue weighted by molar-refractivity contribution is 5.77. The smallest absolute Gasteiger partial charge is 0.309 e. The van der Waals surface area contributed by atoms with Crippen molar-refractivity contribution in [1.82, 2.24) is 10.2 Å². The van der Waals surface area contributed by atoms with E-state index in [0.29, 0.717) is 18.4 Å². The topological polar surface area (TPSA) is 58.6 Å². The van der Waals surface area contributed by atoms with Crippen LogP contribution in [0.15, 0.2) is 0 Å². The minimum absolute atomic E-state index is 0.111. The summed E-state index contributed by atoms with van der Waals surface area (Å²) >= 11 is 0. The van der Waals surface area contributed by atoms with Crippen molar-refractivity contribution in [3.8, 4) is 0 Å². The highest BCUT2D eigenvalue weighted by Crippen LogP contribution is 2.28. The van der Waals surface area contributed by atoms with Crippen LogP contribution in [-0.4, -0.2) is 49.1 Å². The van der Waals surface area contributed by atoms with Crippen LogP contribution in [0.25, 0.3) is 0 Å². The number of fused-ring (bicyclic) bond motifs is 1. The first-order valence-electron chi connectivity index (χ1n) is 7.14. The first-order valence-corrected chi connectivity index (χ1v) is 7.14. The van der Waals surface area contributed by atoms with Crippen LogP contribution in [0.5, 0.6) is 0 Å². The van der Waals surface area contributed by atoms with Gasteiger partial charge in [-0.25, -0.2) is 0 Å². The fourth-order valence-corrected chi connectivity index (χ4v) is 3.21. The maximum atomic E-state index is 11.6. The zero-order chi connectivity index (χ0) is 14.0. The Kier molecular flexibility index (Phi) is 4.45. The quantitative estimate of drug-likeness (QED) is 0.769. The van der Waals surface area contributed by atoms with Gasteiger partial charge in [-0.2, -0.15) is 0 Å². The number of carbonyl (C=O) groups excluding carboxylic acids is 2. The van der Waals surface area contributed by atoms with Crippen LogP contribution >= 0.6 is 0 Å². The van der Waals surface area contributed by atoms with Gasteiger partial charge in [0.15, 0.2) is 0 Å². The van der Waals surface area contributed by atoms with E-state index in [0.717, 1.165) is 25.9 Å². The number of nitrogens with one attached hydrogen (secondary N) is 1. The lowest BCUT2D eigenvalue weighted by atomic mass is 9.84. The van der Waals surface area contributed by atoms with Crippen molar-refractivity contribution >= 4 is 11.9 Å². The molecule has 4 unspecified atom stereocenters. The van der Waals surface area contributed by atoms with Crippen LogP contribution in [0.3, 0.4) is 0 Å². The van der Waals surface area contributed by atoms with E-state index in [1.165, 1.54) is 7.11 Å². The molecule has 108 valence electrons. The van der Waals surface area contributed by atoms with Crippen molar-refractivity contribution in [1.29, 1.82) is 0 Å². The number of carbonyl (C=O) groups is 2. The summed E-state index contributed by atoms with van der Waals surface area (Å²) in [5.74, 6) is 0.454. The Morgan fingerprint density at radius 3 is 2.84 bits per heavy atom. The number of ether oxygens (including phenoxy) is 1. The van der Waals surface area contributed by atoms with Gasteiger partial charge in [-0.3, -0.25) is 14.5 Å². The van der Waals surface area contributed by atoms with Crippen LogP contribution in [-0.2, 0) is 14.3 Å². The van der Waals surface area contributed by atoms with E-state index in [4.69, 9.17) is 4.74 Å². The average molecular weight is 268 g/mol. The molecule has 2 aliphatic rings. The standard InChI is InChI=1S/C14H24N2O3/c1-9(14(18)19-3)10(2)16-7-6-12-11(8-16)4-5-13(17)15-12/h9-12H,4-8H2,1-3H3,(H,15,17). The maximum absolute atomic E-state index is 11.6. The van der Waals surface area contributed by atoms with E-state index in [1.54, 1.807) is 0 Å². The van der Waals surface area contributed by atoms with Crippen LogP contribution in [0.2, 0.25) is 0 Å². The molecular weight excluding hydrogens is 244 g/mol. The Morgan fingerprint density at radius 1 is 1.42 bits per heavy atom. The van der Waals surface area contributed by atoms with E-state index in [-0.39, 0.29) is 23.8 Å². The number of methoxy groups -OCH3 is 1. The molecule has 1 amide bonds. The number of piperidine rings is 2. The summed E-state index contributed by atoms with van der Waals surface area (Å²) in [5, 5.41) is 3.08. The van der Waals surface area contributed by atoms with Crippen molar-refractivity contribution in [2.45, 2.75) is 45.2 Å². The average Bonchev–Trinajstić information content (AvgIpc) is 2.44. The molecular formula is C14H24N2O3. The molecule has 2 aliphatic heterocycles. The fourth-order valence-electron chi connectivity index (χ4n) is 3.21. The zero-order valence-corrected chi connectivity index (χ0v) is 12.0. The second-order valence-corrected chi connectivity index (χ2v) is 5.81. The number of nitrogens with zero attached hydrogens (tertiary/aromatic N) is 1. The summed E-state index contributed by atoms with van der Waals surface area (Å²) in [6.07, 6.45) is 2.58. The molecule has 2 fully saturated rings. The van der Waals surface area contributed by atoms with Gasteiger partial charge in [0.2, 0.25) is 5.91 Å². The highest BCUT2D eigenvalue weighted by Gasteiger charge is 2.37. The van der Waals surface area contributed by atoms with E-state index in [2.05, 4.69) is 17.1 Å². The Bertz CT molecular complexity index is 359. The minimum atomic E-state index is -0.147. The first-order chi connectivity index (χ1) is 9.02. The van der Waals surface area contributed by atoms with Crippen LogP contribution in [0, 0.1) is 11.8 Å². The molecule has 2 rings (SSSR count). The molecule has 0 aromatic rings. The Hall–Kier alpha value is -1.10. The first kappa shape index (κ1) is 14.3. The van der Waals surface area contributed by atoms with Gasteiger partial charge >= 0.3 is 5.97 Å². The molecule has 0 bridgehead atoms. The predicted octanol–water partition coefficient (Wildman–Crippen LogP) is 0.785. The van der Waals surface area contributed by atoms with Crippen molar-refractivity contribution in [2.75, 3.05) is 20.2 Å². The second kappa shape index (κ2) is 5.90. The largest absolute Gasteiger partial charge is 0.469 e. The minimum Gasteiger partial charge on any atom is -0.469 e. The lowest BCUT2D eigenvalue weighted by molar-refractivity contribution is -0.147. The lowest BCUT2D eigenvalue weighted by Crippen LogP contribution is -2.56. The summed E-state index contributed by atoms with van der Waals surface area (Å²) in [7, 11) is 1.44. The molecule has 4 atom stereocenters. The number of amides is 1. The third-order valence-corrected chi connectivity index (χ3v) is 4.73. The van der Waals surface area contributed by atoms with Crippen LogP contribution in [0.4, 0.5) is 0 Å². The molecule has 1 N–H and O–H groups in total. The van der Waals surface area contributed by atoms with E-state index < -0.39 is 0 Å². The molecule has 5 heteroatoms. The predicted molar refractivity (Wildman–Crippen MR) is 71.5 cm³/mol. The highest BCUT2D eigenvalue weighted by atomic mass is 16.5.